The third kappa shape index (κ3) is 7.14. The summed E-state index contributed by atoms with van der Waals surface area (Å²) in [7, 11) is 0. The minimum absolute atomic E-state index is 0.00278. The molecule has 140 valence electrons. The van der Waals surface area contributed by atoms with E-state index in [2.05, 4.69) is 0 Å². The first kappa shape index (κ1) is 19.8. The lowest BCUT2D eigenvalue weighted by atomic mass is 10.2. The minimum Gasteiger partial charge on any atom is -0.508 e. The van der Waals surface area contributed by atoms with Crippen molar-refractivity contribution in [1.29, 1.82) is 0 Å². The highest BCUT2D eigenvalue weighted by Gasteiger charge is 2.04. The van der Waals surface area contributed by atoms with Crippen molar-refractivity contribution >= 4 is 17.7 Å². The summed E-state index contributed by atoms with van der Waals surface area (Å²) in [6, 6.07) is 11.6. The smallest absolute Gasteiger partial charge is 0.313 e. The first-order valence-electron chi connectivity index (χ1n) is 8.20. The van der Waals surface area contributed by atoms with Gasteiger partial charge in [-0.25, -0.2) is 0 Å². The van der Waals surface area contributed by atoms with Gasteiger partial charge >= 0.3 is 5.97 Å². The van der Waals surface area contributed by atoms with E-state index in [1.54, 1.807) is 18.2 Å². The van der Waals surface area contributed by atoms with Gasteiger partial charge in [-0.3, -0.25) is 4.79 Å². The lowest BCUT2D eigenvalue weighted by molar-refractivity contribution is -0.133. The number of phenols is 2. The van der Waals surface area contributed by atoms with Crippen LogP contribution in [0.1, 0.15) is 18.4 Å². The SMILES string of the molecule is O=C(O)CSCCCCOc1cccc(OCc2ccc(O)cc2O)c1. The average Bonchev–Trinajstić information content (AvgIpc) is 2.60. The Morgan fingerprint density at radius 1 is 1.00 bits per heavy atom. The van der Waals surface area contributed by atoms with E-state index in [4.69, 9.17) is 14.6 Å². The van der Waals surface area contributed by atoms with Crippen molar-refractivity contribution < 1.29 is 29.6 Å². The number of thioether (sulfide) groups is 1. The number of unbranched alkanes of at least 4 members (excludes halogenated alkanes) is 1. The Bertz CT molecular complexity index is 719. The van der Waals surface area contributed by atoms with Crippen LogP contribution in [0.3, 0.4) is 0 Å². The third-order valence-electron chi connectivity index (χ3n) is 3.45. The maximum absolute atomic E-state index is 10.4. The number of ether oxygens (including phenoxy) is 2. The molecular formula is C19H22O6S. The summed E-state index contributed by atoms with van der Waals surface area (Å²) >= 11 is 1.41. The molecule has 0 amide bonds. The van der Waals surface area contributed by atoms with Crippen LogP contribution in [0.4, 0.5) is 0 Å². The van der Waals surface area contributed by atoms with E-state index < -0.39 is 5.97 Å². The second-order valence-electron chi connectivity index (χ2n) is 5.58. The van der Waals surface area contributed by atoms with Gasteiger partial charge in [0.1, 0.15) is 29.6 Å². The largest absolute Gasteiger partial charge is 0.508 e. The summed E-state index contributed by atoms with van der Waals surface area (Å²) in [6.07, 6.45) is 1.74. The van der Waals surface area contributed by atoms with Gasteiger partial charge in [0.15, 0.2) is 0 Å². The highest BCUT2D eigenvalue weighted by molar-refractivity contribution is 7.99. The maximum Gasteiger partial charge on any atom is 0.313 e. The standard InChI is InChI=1S/C19H22O6S/c20-15-7-6-14(18(21)10-15)12-25-17-5-3-4-16(11-17)24-8-1-2-9-26-13-19(22)23/h3-7,10-11,20-21H,1-2,8-9,12-13H2,(H,22,23). The van der Waals surface area contributed by atoms with Crippen LogP contribution in [0.25, 0.3) is 0 Å². The molecular weight excluding hydrogens is 356 g/mol. The van der Waals surface area contributed by atoms with Crippen molar-refractivity contribution in [2.45, 2.75) is 19.4 Å². The zero-order valence-corrected chi connectivity index (χ0v) is 15.1. The monoisotopic (exact) mass is 378 g/mol. The Kier molecular flexibility index (Phi) is 7.95. The first-order chi connectivity index (χ1) is 12.5. The second kappa shape index (κ2) is 10.5. The maximum atomic E-state index is 10.4. The molecule has 0 aromatic heterocycles. The quantitative estimate of drug-likeness (QED) is 0.514. The number of carboxylic acid groups (broad SMARTS) is 1. The number of carbonyl (C=O) groups is 1. The van der Waals surface area contributed by atoms with Crippen LogP contribution in [-0.2, 0) is 11.4 Å². The Balaban J connectivity index is 1.72. The Labute approximate surface area is 156 Å². The summed E-state index contributed by atoms with van der Waals surface area (Å²) in [5.41, 5.74) is 0.577. The molecule has 0 aliphatic heterocycles. The molecule has 0 radical (unpaired) electrons. The van der Waals surface area contributed by atoms with E-state index in [1.807, 2.05) is 12.1 Å². The van der Waals surface area contributed by atoms with E-state index in [1.165, 1.54) is 23.9 Å². The van der Waals surface area contributed by atoms with Gasteiger partial charge in [0.2, 0.25) is 0 Å². The molecule has 2 rings (SSSR count). The molecule has 3 N–H and O–H groups in total. The molecule has 0 unspecified atom stereocenters. The molecule has 7 heteroatoms. The van der Waals surface area contributed by atoms with E-state index in [0.29, 0.717) is 23.7 Å². The highest BCUT2D eigenvalue weighted by Crippen LogP contribution is 2.25. The fourth-order valence-electron chi connectivity index (χ4n) is 2.14. The van der Waals surface area contributed by atoms with Crippen LogP contribution in [-0.4, -0.2) is 39.4 Å². The normalized spacial score (nSPS) is 10.5. The molecule has 0 spiro atoms. The fourth-order valence-corrected chi connectivity index (χ4v) is 2.87. The van der Waals surface area contributed by atoms with Crippen LogP contribution in [0, 0.1) is 0 Å². The van der Waals surface area contributed by atoms with Gasteiger partial charge in [0.25, 0.3) is 0 Å². The zero-order chi connectivity index (χ0) is 18.8. The van der Waals surface area contributed by atoms with Gasteiger partial charge in [-0.2, -0.15) is 11.8 Å². The summed E-state index contributed by atoms with van der Waals surface area (Å²) in [4.78, 5) is 10.4. The Morgan fingerprint density at radius 2 is 1.77 bits per heavy atom. The fraction of sp³-hybridized carbons (Fsp3) is 0.316. The number of aliphatic carboxylic acids is 1. The number of hydrogen-bond acceptors (Lipinski definition) is 6. The number of rotatable bonds is 11. The van der Waals surface area contributed by atoms with Crippen LogP contribution in [0.15, 0.2) is 42.5 Å². The van der Waals surface area contributed by atoms with Crippen molar-refractivity contribution in [3.63, 3.8) is 0 Å². The molecule has 26 heavy (non-hydrogen) atoms. The first-order valence-corrected chi connectivity index (χ1v) is 9.36. The van der Waals surface area contributed by atoms with E-state index in [0.717, 1.165) is 18.6 Å². The van der Waals surface area contributed by atoms with Crippen LogP contribution < -0.4 is 9.47 Å². The molecule has 6 nitrogen and oxygen atoms in total. The van der Waals surface area contributed by atoms with Crippen molar-refractivity contribution in [1.82, 2.24) is 0 Å². The minimum atomic E-state index is -0.788. The number of hydrogen-bond donors (Lipinski definition) is 3. The molecule has 0 fully saturated rings. The number of carboxylic acids is 1. The number of benzene rings is 2. The van der Waals surface area contributed by atoms with Crippen molar-refractivity contribution in [3.05, 3.63) is 48.0 Å². The predicted octanol–water partition coefficient (Wildman–Crippen LogP) is 3.65. The molecule has 0 bridgehead atoms. The highest BCUT2D eigenvalue weighted by atomic mass is 32.2. The molecule has 0 heterocycles. The summed E-state index contributed by atoms with van der Waals surface area (Å²) < 4.78 is 11.3. The second-order valence-corrected chi connectivity index (χ2v) is 6.68. The number of aromatic hydroxyl groups is 2. The average molecular weight is 378 g/mol. The van der Waals surface area contributed by atoms with E-state index in [9.17, 15) is 15.0 Å². The van der Waals surface area contributed by atoms with Gasteiger partial charge in [-0.05, 0) is 42.9 Å². The summed E-state index contributed by atoms with van der Waals surface area (Å²) in [5.74, 6) is 1.44. The molecule has 0 saturated heterocycles. The lowest BCUT2D eigenvalue weighted by Gasteiger charge is -2.10. The lowest BCUT2D eigenvalue weighted by Crippen LogP contribution is -2.01. The third-order valence-corrected chi connectivity index (χ3v) is 4.47. The molecule has 0 atom stereocenters. The molecule has 0 saturated carbocycles. The zero-order valence-electron chi connectivity index (χ0n) is 14.3. The summed E-state index contributed by atoms with van der Waals surface area (Å²) in [5, 5.41) is 27.6. The van der Waals surface area contributed by atoms with Gasteiger partial charge < -0.3 is 24.8 Å². The van der Waals surface area contributed by atoms with Crippen molar-refractivity contribution in [3.8, 4) is 23.0 Å². The van der Waals surface area contributed by atoms with Gasteiger partial charge in [-0.15, -0.1) is 0 Å². The van der Waals surface area contributed by atoms with Crippen LogP contribution in [0.5, 0.6) is 23.0 Å². The van der Waals surface area contributed by atoms with E-state index in [-0.39, 0.29) is 23.9 Å². The van der Waals surface area contributed by atoms with Crippen molar-refractivity contribution in [2.75, 3.05) is 18.1 Å². The van der Waals surface area contributed by atoms with E-state index >= 15 is 0 Å². The van der Waals surface area contributed by atoms with Gasteiger partial charge in [-0.1, -0.05) is 6.07 Å². The van der Waals surface area contributed by atoms with Crippen LogP contribution >= 0.6 is 11.8 Å². The predicted molar refractivity (Wildman–Crippen MR) is 100 cm³/mol. The van der Waals surface area contributed by atoms with Gasteiger partial charge in [0, 0.05) is 17.7 Å². The Hall–Kier alpha value is -2.54. The molecule has 0 aliphatic rings. The summed E-state index contributed by atoms with van der Waals surface area (Å²) in [6.45, 7) is 0.728. The number of phenolic OH excluding ortho intramolecular Hbond substituents is 2. The molecule has 2 aromatic rings. The Morgan fingerprint density at radius 3 is 2.50 bits per heavy atom. The molecule has 0 aliphatic carbocycles. The van der Waals surface area contributed by atoms with Gasteiger partial charge in [0.05, 0.1) is 12.4 Å². The van der Waals surface area contributed by atoms with Crippen LogP contribution in [0.2, 0.25) is 0 Å². The topological polar surface area (TPSA) is 96.2 Å². The molecule has 2 aromatic carbocycles. The van der Waals surface area contributed by atoms with Crippen molar-refractivity contribution in [2.24, 2.45) is 0 Å².